The first kappa shape index (κ1) is 12.0. The lowest BCUT2D eigenvalue weighted by Crippen LogP contribution is -2.23. The first-order valence-corrected chi connectivity index (χ1v) is 4.30. The summed E-state index contributed by atoms with van der Waals surface area (Å²) >= 11 is 0. The monoisotopic (exact) mass is 187 g/mol. The molecule has 0 bridgehead atoms. The van der Waals surface area contributed by atoms with Crippen molar-refractivity contribution in [1.82, 2.24) is 5.32 Å². The summed E-state index contributed by atoms with van der Waals surface area (Å²) < 4.78 is 9.67. The third-order valence-corrected chi connectivity index (χ3v) is 1.39. The van der Waals surface area contributed by atoms with Crippen molar-refractivity contribution in [2.24, 2.45) is 0 Å². The van der Waals surface area contributed by atoms with Crippen molar-refractivity contribution >= 4 is 5.97 Å². The van der Waals surface area contributed by atoms with E-state index in [0.717, 1.165) is 0 Å². The Bertz CT molecular complexity index is 168. The molecule has 0 spiro atoms. The quantitative estimate of drug-likeness (QED) is 0.491. The fourth-order valence-electron chi connectivity index (χ4n) is 0.772. The zero-order chi connectivity index (χ0) is 10.1. The Morgan fingerprint density at radius 3 is 2.85 bits per heavy atom. The number of esters is 1. The third kappa shape index (κ3) is 7.33. The summed E-state index contributed by atoms with van der Waals surface area (Å²) in [6, 6.07) is 0. The number of rotatable bonds is 6. The molecule has 0 saturated carbocycles. The van der Waals surface area contributed by atoms with Gasteiger partial charge in [0.1, 0.15) is 0 Å². The topological polar surface area (TPSA) is 47.6 Å². The van der Waals surface area contributed by atoms with Gasteiger partial charge in [-0.3, -0.25) is 0 Å². The molecule has 13 heavy (non-hydrogen) atoms. The minimum atomic E-state index is -0.364. The fraction of sp³-hybridized carbons (Fsp3) is 0.667. The molecule has 0 saturated heterocycles. The molecule has 0 aliphatic rings. The number of ether oxygens (including phenoxy) is 2. The van der Waals surface area contributed by atoms with Gasteiger partial charge in [0.05, 0.1) is 13.2 Å². The van der Waals surface area contributed by atoms with Gasteiger partial charge in [-0.15, -0.1) is 0 Å². The van der Waals surface area contributed by atoms with E-state index in [4.69, 9.17) is 4.74 Å². The van der Waals surface area contributed by atoms with Crippen molar-refractivity contribution in [3.8, 4) is 0 Å². The van der Waals surface area contributed by atoms with Crippen molar-refractivity contribution < 1.29 is 14.3 Å². The van der Waals surface area contributed by atoms with Crippen LogP contribution in [0.15, 0.2) is 12.3 Å². The van der Waals surface area contributed by atoms with Gasteiger partial charge in [-0.1, -0.05) is 0 Å². The number of carbonyl (C=O) groups is 1. The predicted molar refractivity (Wildman–Crippen MR) is 50.2 cm³/mol. The normalized spacial score (nSPS) is 12.8. The second kappa shape index (κ2) is 7.61. The molecule has 0 heterocycles. The van der Waals surface area contributed by atoms with E-state index in [1.807, 2.05) is 13.8 Å². The summed E-state index contributed by atoms with van der Waals surface area (Å²) in [7, 11) is 1.34. The van der Waals surface area contributed by atoms with E-state index in [1.54, 1.807) is 6.20 Å². The molecule has 1 unspecified atom stereocenters. The van der Waals surface area contributed by atoms with Gasteiger partial charge in [-0.2, -0.15) is 0 Å². The van der Waals surface area contributed by atoms with Crippen LogP contribution in [0.4, 0.5) is 0 Å². The first-order valence-electron chi connectivity index (χ1n) is 4.30. The lowest BCUT2D eigenvalue weighted by atomic mass is 10.4. The molecule has 0 aromatic carbocycles. The van der Waals surface area contributed by atoms with Crippen molar-refractivity contribution in [3.05, 3.63) is 12.3 Å². The van der Waals surface area contributed by atoms with Gasteiger partial charge in [-0.05, 0) is 13.8 Å². The first-order chi connectivity index (χ1) is 6.20. The van der Waals surface area contributed by atoms with Gasteiger partial charge < -0.3 is 14.8 Å². The highest BCUT2D eigenvalue weighted by Gasteiger charge is 1.97. The van der Waals surface area contributed by atoms with E-state index in [-0.39, 0.29) is 12.1 Å². The number of hydrogen-bond acceptors (Lipinski definition) is 4. The molecular formula is C9H17NO3. The highest BCUT2D eigenvalue weighted by Crippen LogP contribution is 1.87. The highest BCUT2D eigenvalue weighted by molar-refractivity contribution is 5.81. The molecule has 76 valence electrons. The van der Waals surface area contributed by atoms with Crippen LogP contribution in [-0.4, -0.2) is 32.3 Å². The summed E-state index contributed by atoms with van der Waals surface area (Å²) in [5.41, 5.74) is 0. The van der Waals surface area contributed by atoms with Crippen LogP contribution in [0.3, 0.4) is 0 Å². The molecule has 0 fully saturated rings. The minimum Gasteiger partial charge on any atom is -0.466 e. The molecule has 4 nitrogen and oxygen atoms in total. The zero-order valence-electron chi connectivity index (χ0n) is 8.37. The van der Waals surface area contributed by atoms with Gasteiger partial charge >= 0.3 is 5.97 Å². The number of hydrogen-bond donors (Lipinski definition) is 1. The van der Waals surface area contributed by atoms with Gasteiger partial charge in [0.2, 0.25) is 0 Å². The van der Waals surface area contributed by atoms with Gasteiger partial charge in [-0.25, -0.2) is 4.79 Å². The van der Waals surface area contributed by atoms with E-state index in [1.165, 1.54) is 13.2 Å². The average Bonchev–Trinajstić information content (AvgIpc) is 2.12. The molecule has 0 radical (unpaired) electrons. The number of methoxy groups -OCH3 is 1. The summed E-state index contributed by atoms with van der Waals surface area (Å²) in [4.78, 5) is 10.6. The third-order valence-electron chi connectivity index (χ3n) is 1.39. The molecular weight excluding hydrogens is 170 g/mol. The van der Waals surface area contributed by atoms with Gasteiger partial charge in [0.15, 0.2) is 0 Å². The lowest BCUT2D eigenvalue weighted by molar-refractivity contribution is -0.134. The Kier molecular flexibility index (Phi) is 7.01. The lowest BCUT2D eigenvalue weighted by Gasteiger charge is -2.10. The molecule has 1 N–H and O–H groups in total. The summed E-state index contributed by atoms with van der Waals surface area (Å²) in [5.74, 6) is -0.364. The Hall–Kier alpha value is -1.03. The van der Waals surface area contributed by atoms with Crippen LogP contribution in [-0.2, 0) is 14.3 Å². The van der Waals surface area contributed by atoms with Crippen LogP contribution >= 0.6 is 0 Å². The van der Waals surface area contributed by atoms with Gasteiger partial charge in [0.25, 0.3) is 0 Å². The van der Waals surface area contributed by atoms with Crippen molar-refractivity contribution in [1.29, 1.82) is 0 Å². The van der Waals surface area contributed by atoms with E-state index in [0.29, 0.717) is 13.2 Å². The van der Waals surface area contributed by atoms with Crippen LogP contribution in [0, 0.1) is 0 Å². The largest absolute Gasteiger partial charge is 0.466 e. The molecule has 0 aromatic rings. The van der Waals surface area contributed by atoms with Gasteiger partial charge in [0, 0.05) is 25.4 Å². The maximum Gasteiger partial charge on any atom is 0.331 e. The second-order valence-corrected chi connectivity index (χ2v) is 2.53. The Labute approximate surface area is 78.9 Å². The molecule has 0 amide bonds. The Morgan fingerprint density at radius 1 is 1.62 bits per heavy atom. The van der Waals surface area contributed by atoms with E-state index in [9.17, 15) is 4.79 Å². The molecule has 1 atom stereocenters. The zero-order valence-corrected chi connectivity index (χ0v) is 8.37. The second-order valence-electron chi connectivity index (χ2n) is 2.53. The summed E-state index contributed by atoms with van der Waals surface area (Å²) in [6.07, 6.45) is 3.03. The summed E-state index contributed by atoms with van der Waals surface area (Å²) in [5, 5.41) is 2.93. The van der Waals surface area contributed by atoms with Crippen molar-refractivity contribution in [2.75, 3.05) is 20.3 Å². The molecule has 0 aliphatic heterocycles. The maximum atomic E-state index is 10.6. The van der Waals surface area contributed by atoms with E-state index < -0.39 is 0 Å². The maximum absolute atomic E-state index is 10.6. The van der Waals surface area contributed by atoms with Crippen LogP contribution in [0.5, 0.6) is 0 Å². The number of carbonyl (C=O) groups excluding carboxylic acids is 1. The Morgan fingerprint density at radius 2 is 2.31 bits per heavy atom. The van der Waals surface area contributed by atoms with Crippen LogP contribution in [0.25, 0.3) is 0 Å². The van der Waals surface area contributed by atoms with Crippen LogP contribution in [0.1, 0.15) is 13.8 Å². The van der Waals surface area contributed by atoms with Crippen LogP contribution in [0.2, 0.25) is 0 Å². The van der Waals surface area contributed by atoms with E-state index >= 15 is 0 Å². The minimum absolute atomic E-state index is 0.146. The predicted octanol–water partition coefficient (Wildman–Crippen LogP) is 0.688. The van der Waals surface area contributed by atoms with Crippen molar-refractivity contribution in [2.45, 2.75) is 20.0 Å². The molecule has 0 aliphatic carbocycles. The fourth-order valence-corrected chi connectivity index (χ4v) is 0.772. The number of nitrogens with one attached hydrogen (secondary N) is 1. The molecule has 4 heteroatoms. The highest BCUT2D eigenvalue weighted by atomic mass is 16.5. The summed E-state index contributed by atoms with van der Waals surface area (Å²) in [6.45, 7) is 5.29. The SMILES string of the molecule is CCOC(C)CN/C=C/C(=O)OC. The standard InChI is InChI=1S/C9H17NO3/c1-4-13-8(2)7-10-6-5-9(11)12-3/h5-6,8,10H,4,7H2,1-3H3/b6-5+. The molecule has 0 aromatic heterocycles. The van der Waals surface area contributed by atoms with E-state index in [2.05, 4.69) is 10.1 Å². The smallest absolute Gasteiger partial charge is 0.331 e. The van der Waals surface area contributed by atoms with Crippen molar-refractivity contribution in [3.63, 3.8) is 0 Å². The average molecular weight is 187 g/mol. The van der Waals surface area contributed by atoms with Crippen LogP contribution < -0.4 is 5.32 Å². The molecule has 0 rings (SSSR count). The Balaban J connectivity index is 3.43.